The first-order chi connectivity index (χ1) is 8.56. The lowest BCUT2D eigenvalue weighted by Crippen LogP contribution is -2.38. The van der Waals surface area contributed by atoms with Crippen LogP contribution in [0.5, 0.6) is 5.75 Å². The van der Waals surface area contributed by atoms with Crippen LogP contribution in [0.15, 0.2) is 12.1 Å². The van der Waals surface area contributed by atoms with Crippen molar-refractivity contribution in [3.05, 3.63) is 28.3 Å². The Balaban J connectivity index is 1.80. The lowest BCUT2D eigenvalue weighted by atomic mass is 10.1. The number of carbonyl (C=O) groups excluding carboxylic acids is 1. The molecule has 2 rings (SSSR count). The van der Waals surface area contributed by atoms with Gasteiger partial charge in [0.2, 0.25) is 0 Å². The molecule has 98 valence electrons. The molecule has 4 nitrogen and oxygen atoms in total. The van der Waals surface area contributed by atoms with Crippen molar-refractivity contribution in [1.82, 2.24) is 10.6 Å². The predicted molar refractivity (Wildman–Crippen MR) is 71.1 cm³/mol. The van der Waals surface area contributed by atoms with E-state index in [4.69, 9.17) is 16.3 Å². The van der Waals surface area contributed by atoms with Gasteiger partial charge in [-0.15, -0.1) is 0 Å². The third-order valence-electron chi connectivity index (χ3n) is 2.79. The van der Waals surface area contributed by atoms with Gasteiger partial charge < -0.3 is 15.4 Å². The van der Waals surface area contributed by atoms with Gasteiger partial charge in [-0.2, -0.15) is 0 Å². The summed E-state index contributed by atoms with van der Waals surface area (Å²) in [4.78, 5) is 11.3. The summed E-state index contributed by atoms with van der Waals surface area (Å²) in [6, 6.07) is 3.89. The molecule has 1 aliphatic carbocycles. The van der Waals surface area contributed by atoms with E-state index in [1.807, 2.05) is 26.0 Å². The third-order valence-corrected chi connectivity index (χ3v) is 3.39. The van der Waals surface area contributed by atoms with Crippen LogP contribution in [-0.4, -0.2) is 18.8 Å². The number of amides is 2. The zero-order valence-corrected chi connectivity index (χ0v) is 11.3. The average Bonchev–Trinajstić information content (AvgIpc) is 3.09. The second kappa shape index (κ2) is 5.48. The number of carbonyl (C=O) groups is 1. The Morgan fingerprint density at radius 3 is 2.56 bits per heavy atom. The van der Waals surface area contributed by atoms with E-state index < -0.39 is 0 Å². The van der Waals surface area contributed by atoms with Gasteiger partial charge in [0.25, 0.3) is 0 Å². The fourth-order valence-corrected chi connectivity index (χ4v) is 1.75. The van der Waals surface area contributed by atoms with Crippen LogP contribution in [0.25, 0.3) is 0 Å². The smallest absolute Gasteiger partial charge is 0.317 e. The molecule has 0 heterocycles. The van der Waals surface area contributed by atoms with Crippen LogP contribution in [0.3, 0.4) is 0 Å². The molecule has 2 amide bonds. The highest BCUT2D eigenvalue weighted by atomic mass is 35.5. The lowest BCUT2D eigenvalue weighted by Gasteiger charge is -2.11. The monoisotopic (exact) mass is 268 g/mol. The molecule has 0 bridgehead atoms. The number of nitrogens with one attached hydrogen (secondary N) is 2. The maximum atomic E-state index is 11.3. The molecule has 1 aromatic rings. The predicted octanol–water partition coefficient (Wildman–Crippen LogP) is 2.75. The fraction of sp³-hybridized carbons (Fsp3) is 0.462. The van der Waals surface area contributed by atoms with Crippen LogP contribution in [-0.2, 0) is 0 Å². The summed E-state index contributed by atoms with van der Waals surface area (Å²) < 4.78 is 5.46. The van der Waals surface area contributed by atoms with E-state index in [0.717, 1.165) is 29.0 Å². The minimum atomic E-state index is -0.181. The molecule has 1 aromatic carbocycles. The second-order valence-electron chi connectivity index (χ2n) is 4.58. The molecular weight excluding hydrogens is 252 g/mol. The van der Waals surface area contributed by atoms with Crippen molar-refractivity contribution in [2.45, 2.75) is 32.7 Å². The molecule has 5 heteroatoms. The number of hydrogen-bond acceptors (Lipinski definition) is 2. The largest absolute Gasteiger partial charge is 0.473 e. The highest BCUT2D eigenvalue weighted by Gasteiger charge is 2.22. The summed E-state index contributed by atoms with van der Waals surface area (Å²) in [6.07, 6.45) is 2.15. The van der Waals surface area contributed by atoms with Crippen molar-refractivity contribution >= 4 is 17.6 Å². The van der Waals surface area contributed by atoms with E-state index in [1.54, 1.807) is 0 Å². The Morgan fingerprint density at radius 2 is 2.00 bits per heavy atom. The first-order valence-corrected chi connectivity index (χ1v) is 6.38. The number of urea groups is 1. The van der Waals surface area contributed by atoms with E-state index in [9.17, 15) is 4.79 Å². The average molecular weight is 269 g/mol. The van der Waals surface area contributed by atoms with Crippen molar-refractivity contribution in [1.29, 1.82) is 0 Å². The normalized spacial score (nSPS) is 14.2. The van der Waals surface area contributed by atoms with Gasteiger partial charge in [0, 0.05) is 11.1 Å². The number of halogens is 1. The quantitative estimate of drug-likeness (QED) is 0.825. The van der Waals surface area contributed by atoms with Crippen LogP contribution in [0.1, 0.15) is 24.0 Å². The highest BCUT2D eigenvalue weighted by Crippen LogP contribution is 2.25. The number of benzene rings is 1. The molecule has 0 spiro atoms. The molecule has 1 saturated carbocycles. The van der Waals surface area contributed by atoms with Crippen LogP contribution >= 0.6 is 11.6 Å². The summed E-state index contributed by atoms with van der Waals surface area (Å²) in [5.41, 5.74) is 1.93. The molecule has 0 unspecified atom stereocenters. The van der Waals surface area contributed by atoms with Crippen LogP contribution in [0.4, 0.5) is 4.79 Å². The fourth-order valence-electron chi connectivity index (χ4n) is 1.64. The number of ether oxygens (including phenoxy) is 1. The Morgan fingerprint density at radius 1 is 1.39 bits per heavy atom. The standard InChI is InChI=1S/C13H17ClN2O2/c1-8-5-11(6-9(2)12(8)14)18-7-15-13(17)16-10-3-4-10/h5-6,10H,3-4,7H2,1-2H3,(H2,15,16,17). The number of rotatable bonds is 4. The molecule has 0 atom stereocenters. The van der Waals surface area contributed by atoms with Gasteiger partial charge in [-0.05, 0) is 49.9 Å². The van der Waals surface area contributed by atoms with E-state index in [-0.39, 0.29) is 12.8 Å². The molecule has 0 aliphatic heterocycles. The van der Waals surface area contributed by atoms with Gasteiger partial charge in [0.05, 0.1) is 0 Å². The molecule has 2 N–H and O–H groups in total. The molecule has 0 aromatic heterocycles. The minimum absolute atomic E-state index is 0.152. The summed E-state index contributed by atoms with van der Waals surface area (Å²) >= 11 is 6.06. The maximum Gasteiger partial charge on any atom is 0.317 e. The minimum Gasteiger partial charge on any atom is -0.473 e. The Bertz CT molecular complexity index is 435. The summed E-state index contributed by atoms with van der Waals surface area (Å²) in [7, 11) is 0. The molecular formula is C13H17ClN2O2. The zero-order valence-electron chi connectivity index (χ0n) is 10.5. The zero-order chi connectivity index (χ0) is 13.1. The van der Waals surface area contributed by atoms with Crippen LogP contribution in [0.2, 0.25) is 5.02 Å². The Hall–Kier alpha value is -1.42. The van der Waals surface area contributed by atoms with Crippen molar-refractivity contribution in [2.75, 3.05) is 6.73 Å². The lowest BCUT2D eigenvalue weighted by molar-refractivity contribution is 0.223. The Labute approximate surface area is 112 Å². The van der Waals surface area contributed by atoms with Gasteiger partial charge in [-0.1, -0.05) is 11.6 Å². The van der Waals surface area contributed by atoms with E-state index in [2.05, 4.69) is 10.6 Å². The topological polar surface area (TPSA) is 50.4 Å². The molecule has 1 fully saturated rings. The van der Waals surface area contributed by atoms with E-state index >= 15 is 0 Å². The number of aryl methyl sites for hydroxylation is 2. The van der Waals surface area contributed by atoms with Gasteiger partial charge in [0.15, 0.2) is 6.73 Å². The summed E-state index contributed by atoms with van der Waals surface area (Å²) in [5, 5.41) is 6.22. The van der Waals surface area contributed by atoms with Crippen molar-refractivity contribution < 1.29 is 9.53 Å². The van der Waals surface area contributed by atoms with E-state index in [0.29, 0.717) is 11.8 Å². The summed E-state index contributed by atoms with van der Waals surface area (Å²) in [5.74, 6) is 0.709. The van der Waals surface area contributed by atoms with Crippen LogP contribution in [0, 0.1) is 13.8 Å². The Kier molecular flexibility index (Phi) is 3.97. The van der Waals surface area contributed by atoms with Gasteiger partial charge >= 0.3 is 6.03 Å². The molecule has 1 aliphatic rings. The SMILES string of the molecule is Cc1cc(OCNC(=O)NC2CC2)cc(C)c1Cl. The van der Waals surface area contributed by atoms with Gasteiger partial charge in [0.1, 0.15) is 5.75 Å². The van der Waals surface area contributed by atoms with E-state index in [1.165, 1.54) is 0 Å². The molecule has 18 heavy (non-hydrogen) atoms. The highest BCUT2D eigenvalue weighted by molar-refractivity contribution is 6.32. The van der Waals surface area contributed by atoms with Gasteiger partial charge in [-0.25, -0.2) is 4.79 Å². The second-order valence-corrected chi connectivity index (χ2v) is 4.96. The molecule has 0 radical (unpaired) electrons. The molecule has 0 saturated heterocycles. The third kappa shape index (κ3) is 3.53. The van der Waals surface area contributed by atoms with Crippen molar-refractivity contribution in [3.63, 3.8) is 0 Å². The van der Waals surface area contributed by atoms with Crippen molar-refractivity contribution in [3.8, 4) is 5.75 Å². The first kappa shape index (κ1) is 13.0. The summed E-state index contributed by atoms with van der Waals surface area (Å²) in [6.45, 7) is 4.00. The number of hydrogen-bond donors (Lipinski definition) is 2. The van der Waals surface area contributed by atoms with Crippen LogP contribution < -0.4 is 15.4 Å². The first-order valence-electron chi connectivity index (χ1n) is 6.00. The maximum absolute atomic E-state index is 11.3. The van der Waals surface area contributed by atoms with Gasteiger partial charge in [-0.3, -0.25) is 0 Å². The van der Waals surface area contributed by atoms with Crippen molar-refractivity contribution in [2.24, 2.45) is 0 Å².